The lowest BCUT2D eigenvalue weighted by atomic mass is 10.2. The minimum Gasteiger partial charge on any atom is -0.486 e. The average molecular weight is 390 g/mol. The predicted octanol–water partition coefficient (Wildman–Crippen LogP) is 3.72. The Morgan fingerprint density at radius 2 is 1.77 bits per heavy atom. The van der Waals surface area contributed by atoms with Gasteiger partial charge in [0.05, 0.1) is 5.56 Å². The van der Waals surface area contributed by atoms with Crippen LogP contribution in [0.25, 0.3) is 0 Å². The van der Waals surface area contributed by atoms with Crippen LogP contribution < -0.4 is 10.1 Å². The highest BCUT2D eigenvalue weighted by Crippen LogP contribution is 2.18. The molecule has 0 aliphatic rings. The van der Waals surface area contributed by atoms with Crippen molar-refractivity contribution in [1.82, 2.24) is 10.2 Å². The molecule has 0 saturated carbocycles. The van der Waals surface area contributed by atoms with Crippen molar-refractivity contribution in [3.63, 3.8) is 0 Å². The van der Waals surface area contributed by atoms with Crippen LogP contribution in [0.15, 0.2) is 48.5 Å². The largest absolute Gasteiger partial charge is 0.486 e. The van der Waals surface area contributed by atoms with Gasteiger partial charge in [0.25, 0.3) is 5.91 Å². The molecule has 3 rings (SSSR count). The third-order valence-corrected chi connectivity index (χ3v) is 4.37. The van der Waals surface area contributed by atoms with Gasteiger partial charge in [0.2, 0.25) is 5.01 Å². The van der Waals surface area contributed by atoms with Crippen molar-refractivity contribution in [2.24, 2.45) is 0 Å². The summed E-state index contributed by atoms with van der Waals surface area (Å²) >= 11 is 6.91. The minimum absolute atomic E-state index is 0.123. The van der Waals surface area contributed by atoms with Gasteiger partial charge >= 0.3 is 5.97 Å². The zero-order valence-electron chi connectivity index (χ0n) is 13.2. The minimum atomic E-state index is -1.00. The molecule has 1 heterocycles. The Bertz CT molecular complexity index is 926. The molecule has 1 amide bonds. The van der Waals surface area contributed by atoms with Crippen molar-refractivity contribution in [2.45, 2.75) is 6.61 Å². The van der Waals surface area contributed by atoms with Gasteiger partial charge in [0, 0.05) is 10.7 Å². The second-order valence-corrected chi connectivity index (χ2v) is 6.58. The molecule has 0 aliphatic carbocycles. The molecule has 0 atom stereocenters. The van der Waals surface area contributed by atoms with E-state index in [9.17, 15) is 9.59 Å². The highest BCUT2D eigenvalue weighted by atomic mass is 35.5. The Morgan fingerprint density at radius 1 is 1.08 bits per heavy atom. The summed E-state index contributed by atoms with van der Waals surface area (Å²) < 4.78 is 5.52. The van der Waals surface area contributed by atoms with Gasteiger partial charge in [0.15, 0.2) is 5.01 Å². The molecule has 0 aliphatic heterocycles. The number of nitrogens with zero attached hydrogens (tertiary/aromatic N) is 2. The number of carbonyl (C=O) groups excluding carboxylic acids is 1. The molecule has 0 unspecified atom stereocenters. The van der Waals surface area contributed by atoms with Gasteiger partial charge in [-0.15, -0.1) is 10.2 Å². The van der Waals surface area contributed by atoms with Crippen LogP contribution in [0.4, 0.5) is 5.69 Å². The van der Waals surface area contributed by atoms with Crippen molar-refractivity contribution < 1.29 is 19.4 Å². The third kappa shape index (κ3) is 4.56. The summed E-state index contributed by atoms with van der Waals surface area (Å²) in [5.74, 6) is -0.878. The van der Waals surface area contributed by atoms with E-state index in [0.717, 1.165) is 11.3 Å². The first-order chi connectivity index (χ1) is 12.5. The lowest BCUT2D eigenvalue weighted by molar-refractivity contribution is 0.0696. The van der Waals surface area contributed by atoms with Crippen molar-refractivity contribution in [3.8, 4) is 5.75 Å². The fourth-order valence-electron chi connectivity index (χ4n) is 1.96. The van der Waals surface area contributed by atoms with E-state index in [1.165, 1.54) is 12.1 Å². The van der Waals surface area contributed by atoms with E-state index in [1.807, 2.05) is 0 Å². The highest BCUT2D eigenvalue weighted by molar-refractivity contribution is 7.13. The van der Waals surface area contributed by atoms with Gasteiger partial charge in [-0.3, -0.25) is 4.79 Å². The monoisotopic (exact) mass is 389 g/mol. The van der Waals surface area contributed by atoms with Crippen molar-refractivity contribution in [1.29, 1.82) is 0 Å². The maximum absolute atomic E-state index is 12.2. The van der Waals surface area contributed by atoms with E-state index < -0.39 is 5.97 Å². The molecular formula is C17H12ClN3O4S. The Kier molecular flexibility index (Phi) is 5.45. The summed E-state index contributed by atoms with van der Waals surface area (Å²) in [6.07, 6.45) is 0. The second kappa shape index (κ2) is 7.94. The van der Waals surface area contributed by atoms with Gasteiger partial charge in [-0.05, 0) is 48.5 Å². The van der Waals surface area contributed by atoms with Crippen LogP contribution >= 0.6 is 22.9 Å². The van der Waals surface area contributed by atoms with Gasteiger partial charge in [0.1, 0.15) is 12.4 Å². The average Bonchev–Trinajstić information content (AvgIpc) is 3.11. The van der Waals surface area contributed by atoms with Crippen molar-refractivity contribution >= 4 is 40.5 Å². The SMILES string of the molecule is O=C(O)c1ccc(OCc2nnc(C(=O)Nc3ccc(Cl)cc3)s2)cc1. The van der Waals surface area contributed by atoms with Crippen LogP contribution in [0.3, 0.4) is 0 Å². The number of benzene rings is 2. The normalized spacial score (nSPS) is 10.3. The maximum atomic E-state index is 12.2. The fraction of sp³-hybridized carbons (Fsp3) is 0.0588. The number of carbonyl (C=O) groups is 2. The number of nitrogens with one attached hydrogen (secondary N) is 1. The van der Waals surface area contributed by atoms with Gasteiger partial charge in [-0.2, -0.15) is 0 Å². The van der Waals surface area contributed by atoms with Crippen LogP contribution in [0.5, 0.6) is 5.75 Å². The van der Waals surface area contributed by atoms with Gasteiger partial charge < -0.3 is 15.2 Å². The van der Waals surface area contributed by atoms with E-state index in [2.05, 4.69) is 15.5 Å². The van der Waals surface area contributed by atoms with Gasteiger partial charge in [-0.25, -0.2) is 4.79 Å². The number of amides is 1. The van der Waals surface area contributed by atoms with Crippen LogP contribution in [-0.2, 0) is 6.61 Å². The topological polar surface area (TPSA) is 101 Å². The Hall–Kier alpha value is -2.97. The molecule has 0 bridgehead atoms. The molecule has 0 saturated heterocycles. The van der Waals surface area contributed by atoms with Gasteiger partial charge in [-0.1, -0.05) is 22.9 Å². The third-order valence-electron chi connectivity index (χ3n) is 3.23. The maximum Gasteiger partial charge on any atom is 0.335 e. The number of carboxylic acids is 1. The number of aromatic nitrogens is 2. The molecule has 7 nitrogen and oxygen atoms in total. The molecular weight excluding hydrogens is 378 g/mol. The van der Waals surface area contributed by atoms with E-state index in [-0.39, 0.29) is 23.1 Å². The Morgan fingerprint density at radius 3 is 2.42 bits per heavy atom. The molecule has 0 fully saturated rings. The molecule has 9 heteroatoms. The zero-order chi connectivity index (χ0) is 18.5. The molecule has 26 heavy (non-hydrogen) atoms. The highest BCUT2D eigenvalue weighted by Gasteiger charge is 2.13. The summed E-state index contributed by atoms with van der Waals surface area (Å²) in [5.41, 5.74) is 0.778. The lowest BCUT2D eigenvalue weighted by Gasteiger charge is -2.03. The molecule has 3 aromatic rings. The fourth-order valence-corrected chi connectivity index (χ4v) is 2.73. The molecule has 1 aromatic heterocycles. The first-order valence-corrected chi connectivity index (χ1v) is 8.56. The summed E-state index contributed by atoms with van der Waals surface area (Å²) in [7, 11) is 0. The first-order valence-electron chi connectivity index (χ1n) is 7.37. The predicted molar refractivity (Wildman–Crippen MR) is 97.0 cm³/mol. The zero-order valence-corrected chi connectivity index (χ0v) is 14.8. The summed E-state index contributed by atoms with van der Waals surface area (Å²) in [4.78, 5) is 23.0. The Balaban J connectivity index is 1.57. The van der Waals surface area contributed by atoms with E-state index in [4.69, 9.17) is 21.4 Å². The van der Waals surface area contributed by atoms with Crippen molar-refractivity contribution in [3.05, 3.63) is 69.1 Å². The number of aromatic carboxylic acids is 1. The quantitative estimate of drug-likeness (QED) is 0.666. The molecule has 0 radical (unpaired) electrons. The number of anilines is 1. The summed E-state index contributed by atoms with van der Waals surface area (Å²) in [6.45, 7) is 0.123. The van der Waals surface area contributed by atoms with E-state index >= 15 is 0 Å². The van der Waals surface area contributed by atoms with Crippen LogP contribution in [0, 0.1) is 0 Å². The number of halogens is 1. The second-order valence-electron chi connectivity index (χ2n) is 5.08. The Labute approximate surface area is 157 Å². The van der Waals surface area contributed by atoms with E-state index in [1.54, 1.807) is 36.4 Å². The van der Waals surface area contributed by atoms with Crippen LogP contribution in [0.1, 0.15) is 25.2 Å². The molecule has 132 valence electrons. The summed E-state index contributed by atoms with van der Waals surface area (Å²) in [5, 5.41) is 20.6. The smallest absolute Gasteiger partial charge is 0.335 e. The standard InChI is InChI=1S/C17H12ClN3O4S/c18-11-3-5-12(6-4-11)19-15(22)16-21-20-14(26-16)9-25-13-7-1-10(2-8-13)17(23)24/h1-8H,9H2,(H,19,22)(H,23,24). The van der Waals surface area contributed by atoms with Crippen molar-refractivity contribution in [2.75, 3.05) is 5.32 Å². The first kappa shape index (κ1) is 17.8. The number of ether oxygens (including phenoxy) is 1. The molecule has 0 spiro atoms. The molecule has 2 aromatic carbocycles. The lowest BCUT2D eigenvalue weighted by Crippen LogP contribution is -2.11. The number of carboxylic acid groups (broad SMARTS) is 1. The van der Waals surface area contributed by atoms with Crippen LogP contribution in [0.2, 0.25) is 5.02 Å². The number of hydrogen-bond acceptors (Lipinski definition) is 6. The number of rotatable bonds is 6. The van der Waals surface area contributed by atoms with Crippen LogP contribution in [-0.4, -0.2) is 27.2 Å². The summed E-state index contributed by atoms with van der Waals surface area (Å²) in [6, 6.07) is 12.7. The number of hydrogen-bond donors (Lipinski definition) is 2. The van der Waals surface area contributed by atoms with E-state index in [0.29, 0.717) is 21.5 Å². The molecule has 2 N–H and O–H groups in total.